The average Bonchev–Trinajstić information content (AvgIpc) is 3.04. The molecule has 2 heterocycles. The standard InChI is InChI=1S/C24H30N6O3S/c1-32-20-12-7-17(15-21(20)33-2)23-27-28-24(30(23)25)34-16-22(31)26-18-8-10-19(11-9-18)29-13-5-3-4-6-14-29/h7-12,15H,3-6,13-14,16,25H2,1-2H3,(H,26,31). The lowest BCUT2D eigenvalue weighted by Gasteiger charge is -2.22. The first kappa shape index (κ1) is 23.7. The number of nitrogens with two attached hydrogens (primary N) is 1. The van der Waals surface area contributed by atoms with Gasteiger partial charge in [-0.1, -0.05) is 24.6 Å². The summed E-state index contributed by atoms with van der Waals surface area (Å²) in [6, 6.07) is 13.4. The zero-order valence-corrected chi connectivity index (χ0v) is 20.3. The lowest BCUT2D eigenvalue weighted by atomic mass is 10.2. The molecule has 180 valence electrons. The van der Waals surface area contributed by atoms with Gasteiger partial charge in [-0.25, -0.2) is 4.68 Å². The Morgan fingerprint density at radius 2 is 1.71 bits per heavy atom. The molecule has 9 nitrogen and oxygen atoms in total. The summed E-state index contributed by atoms with van der Waals surface area (Å²) in [6.45, 7) is 2.18. The molecule has 1 aromatic heterocycles. The number of nitrogens with zero attached hydrogens (tertiary/aromatic N) is 4. The van der Waals surface area contributed by atoms with E-state index in [2.05, 4.69) is 32.5 Å². The summed E-state index contributed by atoms with van der Waals surface area (Å²) >= 11 is 1.22. The molecule has 0 aliphatic carbocycles. The number of carbonyl (C=O) groups is 1. The van der Waals surface area contributed by atoms with E-state index in [1.165, 1.54) is 47.8 Å². The minimum Gasteiger partial charge on any atom is -0.493 e. The highest BCUT2D eigenvalue weighted by atomic mass is 32.2. The van der Waals surface area contributed by atoms with E-state index < -0.39 is 0 Å². The molecule has 3 aromatic rings. The fourth-order valence-corrected chi connectivity index (χ4v) is 4.62. The Morgan fingerprint density at radius 3 is 2.38 bits per heavy atom. The molecule has 1 saturated heterocycles. The second-order valence-corrected chi connectivity index (χ2v) is 8.97. The van der Waals surface area contributed by atoms with Gasteiger partial charge in [-0.05, 0) is 55.3 Å². The van der Waals surface area contributed by atoms with E-state index in [0.717, 1.165) is 24.3 Å². The van der Waals surface area contributed by atoms with Gasteiger partial charge in [-0.3, -0.25) is 4.79 Å². The largest absolute Gasteiger partial charge is 0.493 e. The van der Waals surface area contributed by atoms with Crippen molar-refractivity contribution in [1.82, 2.24) is 14.9 Å². The predicted octanol–water partition coefficient (Wildman–Crippen LogP) is 3.79. The molecule has 0 bridgehead atoms. The van der Waals surface area contributed by atoms with Crippen molar-refractivity contribution in [3.05, 3.63) is 42.5 Å². The number of nitrogens with one attached hydrogen (secondary N) is 1. The minimum absolute atomic E-state index is 0.136. The third-order valence-electron chi connectivity index (χ3n) is 5.76. The van der Waals surface area contributed by atoms with Crippen LogP contribution in [0, 0.1) is 0 Å². The summed E-state index contributed by atoms with van der Waals surface area (Å²) in [7, 11) is 3.14. The summed E-state index contributed by atoms with van der Waals surface area (Å²) in [6.07, 6.45) is 5.06. The van der Waals surface area contributed by atoms with Crippen LogP contribution in [0.5, 0.6) is 11.5 Å². The summed E-state index contributed by atoms with van der Waals surface area (Å²) < 4.78 is 12.0. The van der Waals surface area contributed by atoms with Gasteiger partial charge in [0.2, 0.25) is 11.1 Å². The number of hydrogen-bond donors (Lipinski definition) is 2. The van der Waals surface area contributed by atoms with Gasteiger partial charge in [0.25, 0.3) is 0 Å². The van der Waals surface area contributed by atoms with E-state index in [9.17, 15) is 4.79 Å². The molecule has 3 N–H and O–H groups in total. The number of anilines is 2. The van der Waals surface area contributed by atoms with Gasteiger partial charge in [0, 0.05) is 30.0 Å². The number of ether oxygens (including phenoxy) is 2. The van der Waals surface area contributed by atoms with Crippen LogP contribution in [0.1, 0.15) is 25.7 Å². The van der Waals surface area contributed by atoms with Crippen LogP contribution in [0.15, 0.2) is 47.6 Å². The van der Waals surface area contributed by atoms with Crippen LogP contribution in [0.25, 0.3) is 11.4 Å². The molecule has 1 aliphatic heterocycles. The predicted molar refractivity (Wildman–Crippen MR) is 135 cm³/mol. The number of nitrogen functional groups attached to an aromatic ring is 1. The van der Waals surface area contributed by atoms with Crippen LogP contribution >= 0.6 is 11.8 Å². The third-order valence-corrected chi connectivity index (χ3v) is 6.70. The maximum absolute atomic E-state index is 12.5. The van der Waals surface area contributed by atoms with Crippen molar-refractivity contribution in [1.29, 1.82) is 0 Å². The van der Waals surface area contributed by atoms with Crippen molar-refractivity contribution in [3.8, 4) is 22.9 Å². The van der Waals surface area contributed by atoms with Crippen LogP contribution < -0.4 is 25.5 Å². The number of carbonyl (C=O) groups excluding carboxylic acids is 1. The molecule has 1 aliphatic rings. The van der Waals surface area contributed by atoms with Gasteiger partial charge >= 0.3 is 0 Å². The fraction of sp³-hybridized carbons (Fsp3) is 0.375. The molecule has 1 amide bonds. The van der Waals surface area contributed by atoms with Gasteiger partial charge < -0.3 is 25.5 Å². The van der Waals surface area contributed by atoms with Crippen molar-refractivity contribution >= 4 is 29.0 Å². The van der Waals surface area contributed by atoms with Gasteiger partial charge in [0.15, 0.2) is 17.3 Å². The van der Waals surface area contributed by atoms with Crippen molar-refractivity contribution < 1.29 is 14.3 Å². The Labute approximate surface area is 203 Å². The van der Waals surface area contributed by atoms with Crippen LogP contribution in [0.2, 0.25) is 0 Å². The average molecular weight is 483 g/mol. The highest BCUT2D eigenvalue weighted by Crippen LogP contribution is 2.32. The molecule has 0 atom stereocenters. The number of thioether (sulfide) groups is 1. The molecule has 10 heteroatoms. The summed E-state index contributed by atoms with van der Waals surface area (Å²) in [4.78, 5) is 14.9. The maximum atomic E-state index is 12.5. The second kappa shape index (κ2) is 11.1. The molecule has 0 unspecified atom stereocenters. The number of aromatic nitrogens is 3. The number of hydrogen-bond acceptors (Lipinski definition) is 8. The van der Waals surface area contributed by atoms with E-state index in [-0.39, 0.29) is 11.7 Å². The monoisotopic (exact) mass is 482 g/mol. The van der Waals surface area contributed by atoms with E-state index in [1.54, 1.807) is 26.4 Å². The SMILES string of the molecule is COc1ccc(-c2nnc(SCC(=O)Nc3ccc(N4CCCCCC4)cc3)n2N)cc1OC. The number of methoxy groups -OCH3 is 2. The van der Waals surface area contributed by atoms with Crippen molar-refractivity contribution in [2.24, 2.45) is 0 Å². The molecule has 0 radical (unpaired) electrons. The van der Waals surface area contributed by atoms with Crippen molar-refractivity contribution in [3.63, 3.8) is 0 Å². The molecule has 1 fully saturated rings. The lowest BCUT2D eigenvalue weighted by molar-refractivity contribution is -0.113. The number of rotatable bonds is 8. The summed E-state index contributed by atoms with van der Waals surface area (Å²) in [5.41, 5.74) is 2.70. The van der Waals surface area contributed by atoms with Gasteiger partial charge in [-0.2, -0.15) is 0 Å². The van der Waals surface area contributed by atoms with Gasteiger partial charge in [-0.15, -0.1) is 10.2 Å². The summed E-state index contributed by atoms with van der Waals surface area (Å²) in [5.74, 6) is 7.87. The van der Waals surface area contributed by atoms with E-state index in [4.69, 9.17) is 15.3 Å². The Hall–Kier alpha value is -3.40. The van der Waals surface area contributed by atoms with Crippen LogP contribution in [0.4, 0.5) is 11.4 Å². The normalized spacial score (nSPS) is 13.9. The van der Waals surface area contributed by atoms with E-state index in [0.29, 0.717) is 22.5 Å². The Morgan fingerprint density at radius 1 is 1.00 bits per heavy atom. The number of benzene rings is 2. The van der Waals surface area contributed by atoms with Crippen molar-refractivity contribution in [2.45, 2.75) is 30.8 Å². The molecule has 34 heavy (non-hydrogen) atoms. The topological polar surface area (TPSA) is 108 Å². The molecule has 0 saturated carbocycles. The molecule has 4 rings (SSSR count). The second-order valence-electron chi connectivity index (χ2n) is 8.03. The smallest absolute Gasteiger partial charge is 0.234 e. The van der Waals surface area contributed by atoms with Gasteiger partial charge in [0.1, 0.15) is 0 Å². The Kier molecular flexibility index (Phi) is 7.79. The van der Waals surface area contributed by atoms with E-state index >= 15 is 0 Å². The Bertz CT molecular complexity index is 1110. The summed E-state index contributed by atoms with van der Waals surface area (Å²) in [5, 5.41) is 11.7. The molecule has 2 aromatic carbocycles. The van der Waals surface area contributed by atoms with Crippen LogP contribution in [-0.4, -0.2) is 53.8 Å². The maximum Gasteiger partial charge on any atom is 0.234 e. The lowest BCUT2D eigenvalue weighted by Crippen LogP contribution is -2.23. The highest BCUT2D eigenvalue weighted by Gasteiger charge is 2.16. The van der Waals surface area contributed by atoms with Gasteiger partial charge in [0.05, 0.1) is 20.0 Å². The highest BCUT2D eigenvalue weighted by molar-refractivity contribution is 7.99. The molecular weight excluding hydrogens is 452 g/mol. The number of amides is 1. The minimum atomic E-state index is -0.136. The first-order valence-electron chi connectivity index (χ1n) is 11.3. The Balaban J connectivity index is 1.34. The first-order chi connectivity index (χ1) is 16.6. The zero-order valence-electron chi connectivity index (χ0n) is 19.5. The van der Waals surface area contributed by atoms with Crippen LogP contribution in [0.3, 0.4) is 0 Å². The zero-order chi connectivity index (χ0) is 23.9. The van der Waals surface area contributed by atoms with Crippen molar-refractivity contribution in [2.75, 3.05) is 49.1 Å². The quantitative estimate of drug-likeness (QED) is 0.369. The van der Waals surface area contributed by atoms with Crippen LogP contribution in [-0.2, 0) is 4.79 Å². The molecule has 0 spiro atoms. The molecular formula is C24H30N6O3S. The fourth-order valence-electron chi connectivity index (χ4n) is 3.96. The van der Waals surface area contributed by atoms with E-state index in [1.807, 2.05) is 18.2 Å². The third kappa shape index (κ3) is 5.56. The first-order valence-corrected chi connectivity index (χ1v) is 12.3.